The first-order valence-corrected chi connectivity index (χ1v) is 7.56. The Labute approximate surface area is 132 Å². The molecule has 0 unspecified atom stereocenters. The molecule has 1 aliphatic rings. The van der Waals surface area contributed by atoms with Gasteiger partial charge in [0.05, 0.1) is 23.5 Å². The largest absolute Gasteiger partial charge is 0.494 e. The molecule has 0 aromatic heterocycles. The van der Waals surface area contributed by atoms with Crippen LogP contribution in [0.15, 0.2) is 18.2 Å². The Bertz CT molecular complexity index is 555. The molecule has 6 heteroatoms. The molecule has 1 heterocycles. The molecule has 0 bridgehead atoms. The van der Waals surface area contributed by atoms with Crippen LogP contribution in [0.5, 0.6) is 5.75 Å². The highest BCUT2D eigenvalue weighted by Crippen LogP contribution is 2.37. The minimum Gasteiger partial charge on any atom is -0.492 e. The SMILES string of the molecule is CCOc1cc(B2OC(C)(C)C(C)(C)O2)ccc1NC(C)=O. The number of carbonyl (C=O) groups excluding carboxylic acids is 1. The van der Waals surface area contributed by atoms with Gasteiger partial charge in [-0.25, -0.2) is 0 Å². The van der Waals surface area contributed by atoms with Gasteiger partial charge in [0.2, 0.25) is 5.91 Å². The van der Waals surface area contributed by atoms with E-state index in [1.807, 2.05) is 52.8 Å². The van der Waals surface area contributed by atoms with Crippen LogP contribution in [-0.2, 0) is 14.1 Å². The number of carbonyl (C=O) groups is 1. The fourth-order valence-corrected chi connectivity index (χ4v) is 2.23. The fourth-order valence-electron chi connectivity index (χ4n) is 2.23. The Morgan fingerprint density at radius 3 is 2.32 bits per heavy atom. The highest BCUT2D eigenvalue weighted by atomic mass is 16.7. The minimum atomic E-state index is -0.449. The van der Waals surface area contributed by atoms with E-state index in [2.05, 4.69) is 5.32 Å². The standard InChI is InChI=1S/C16H24BNO4/c1-7-20-14-10-12(8-9-13(14)18-11(2)19)17-21-15(3,4)16(5,6)22-17/h8-10H,7H2,1-6H3,(H,18,19). The molecule has 120 valence electrons. The Morgan fingerprint density at radius 2 is 1.82 bits per heavy atom. The smallest absolute Gasteiger partial charge is 0.492 e. The average molecular weight is 305 g/mol. The Hall–Kier alpha value is -1.53. The van der Waals surface area contributed by atoms with Gasteiger partial charge in [-0.15, -0.1) is 0 Å². The summed E-state index contributed by atoms with van der Waals surface area (Å²) in [6, 6.07) is 5.56. The van der Waals surface area contributed by atoms with Crippen molar-refractivity contribution in [2.24, 2.45) is 0 Å². The fraction of sp³-hybridized carbons (Fsp3) is 0.562. The van der Waals surface area contributed by atoms with Crippen LogP contribution < -0.4 is 15.5 Å². The quantitative estimate of drug-likeness (QED) is 0.868. The van der Waals surface area contributed by atoms with Gasteiger partial charge in [-0.3, -0.25) is 4.79 Å². The molecule has 2 rings (SSSR count). The van der Waals surface area contributed by atoms with Gasteiger partial charge in [-0.05, 0) is 52.2 Å². The number of benzene rings is 1. The van der Waals surface area contributed by atoms with Gasteiger partial charge in [-0.2, -0.15) is 0 Å². The van der Waals surface area contributed by atoms with Crippen molar-refractivity contribution in [2.45, 2.75) is 52.7 Å². The maximum absolute atomic E-state index is 11.3. The van der Waals surface area contributed by atoms with Crippen molar-refractivity contribution in [1.29, 1.82) is 0 Å². The van der Waals surface area contributed by atoms with E-state index >= 15 is 0 Å². The van der Waals surface area contributed by atoms with Gasteiger partial charge in [0, 0.05) is 6.92 Å². The Balaban J connectivity index is 2.30. The molecule has 0 aliphatic carbocycles. The van der Waals surface area contributed by atoms with Crippen molar-refractivity contribution in [2.75, 3.05) is 11.9 Å². The van der Waals surface area contributed by atoms with Crippen LogP contribution in [-0.4, -0.2) is 30.8 Å². The number of hydrogen-bond donors (Lipinski definition) is 1. The van der Waals surface area contributed by atoms with Crippen molar-refractivity contribution in [3.63, 3.8) is 0 Å². The van der Waals surface area contributed by atoms with Gasteiger partial charge >= 0.3 is 7.12 Å². The van der Waals surface area contributed by atoms with E-state index in [4.69, 9.17) is 14.0 Å². The van der Waals surface area contributed by atoms with E-state index in [0.717, 1.165) is 5.46 Å². The number of anilines is 1. The molecule has 22 heavy (non-hydrogen) atoms. The van der Waals surface area contributed by atoms with E-state index in [0.29, 0.717) is 18.0 Å². The van der Waals surface area contributed by atoms with E-state index < -0.39 is 7.12 Å². The number of rotatable bonds is 4. The molecular formula is C16H24BNO4. The van der Waals surface area contributed by atoms with E-state index in [9.17, 15) is 4.79 Å². The molecule has 0 atom stereocenters. The van der Waals surface area contributed by atoms with Gasteiger partial charge in [0.15, 0.2) is 0 Å². The normalized spacial score (nSPS) is 19.1. The predicted molar refractivity (Wildman–Crippen MR) is 87.6 cm³/mol. The molecular weight excluding hydrogens is 281 g/mol. The molecule has 1 aliphatic heterocycles. The zero-order valence-electron chi connectivity index (χ0n) is 14.1. The number of amides is 1. The van der Waals surface area contributed by atoms with Crippen LogP contribution in [0.25, 0.3) is 0 Å². The van der Waals surface area contributed by atoms with Crippen molar-refractivity contribution < 1.29 is 18.8 Å². The lowest BCUT2D eigenvalue weighted by molar-refractivity contribution is -0.114. The topological polar surface area (TPSA) is 56.8 Å². The number of ether oxygens (including phenoxy) is 1. The van der Waals surface area contributed by atoms with Crippen molar-refractivity contribution in [3.8, 4) is 5.75 Å². The maximum atomic E-state index is 11.3. The zero-order valence-corrected chi connectivity index (χ0v) is 14.1. The maximum Gasteiger partial charge on any atom is 0.494 e. The molecule has 0 spiro atoms. The highest BCUT2D eigenvalue weighted by molar-refractivity contribution is 6.62. The van der Waals surface area contributed by atoms with E-state index in [-0.39, 0.29) is 17.1 Å². The third-order valence-electron chi connectivity index (χ3n) is 4.14. The highest BCUT2D eigenvalue weighted by Gasteiger charge is 2.51. The molecule has 0 saturated carbocycles. The van der Waals surface area contributed by atoms with Crippen molar-refractivity contribution in [3.05, 3.63) is 18.2 Å². The molecule has 1 N–H and O–H groups in total. The number of nitrogens with one attached hydrogen (secondary N) is 1. The second-order valence-corrected chi connectivity index (χ2v) is 6.46. The first-order chi connectivity index (χ1) is 10.2. The van der Waals surface area contributed by atoms with Crippen LogP contribution in [0.4, 0.5) is 5.69 Å². The summed E-state index contributed by atoms with van der Waals surface area (Å²) < 4.78 is 17.7. The summed E-state index contributed by atoms with van der Waals surface area (Å²) in [5, 5.41) is 2.76. The monoisotopic (exact) mass is 305 g/mol. The van der Waals surface area contributed by atoms with Crippen LogP contribution in [0.3, 0.4) is 0 Å². The molecule has 1 aromatic carbocycles. The van der Waals surface area contributed by atoms with Gasteiger partial charge < -0.3 is 19.4 Å². The van der Waals surface area contributed by atoms with Crippen LogP contribution in [0.2, 0.25) is 0 Å². The summed E-state index contributed by atoms with van der Waals surface area (Å²) in [6.45, 7) is 11.9. The van der Waals surface area contributed by atoms with Crippen LogP contribution >= 0.6 is 0 Å². The summed E-state index contributed by atoms with van der Waals surface area (Å²) in [5.41, 5.74) is 0.741. The molecule has 0 radical (unpaired) electrons. The Kier molecular flexibility index (Phi) is 4.54. The van der Waals surface area contributed by atoms with E-state index in [1.165, 1.54) is 6.92 Å². The lowest BCUT2D eigenvalue weighted by Crippen LogP contribution is -2.41. The molecule has 1 fully saturated rings. The van der Waals surface area contributed by atoms with Crippen LogP contribution in [0.1, 0.15) is 41.5 Å². The Morgan fingerprint density at radius 1 is 1.23 bits per heavy atom. The summed E-state index contributed by atoms with van der Waals surface area (Å²) in [5.74, 6) is 0.481. The summed E-state index contributed by atoms with van der Waals surface area (Å²) in [4.78, 5) is 11.3. The van der Waals surface area contributed by atoms with Gasteiger partial charge in [0.1, 0.15) is 5.75 Å². The van der Waals surface area contributed by atoms with Crippen molar-refractivity contribution >= 4 is 24.2 Å². The zero-order chi connectivity index (χ0) is 16.5. The molecule has 1 aromatic rings. The number of hydrogen-bond acceptors (Lipinski definition) is 4. The van der Waals surface area contributed by atoms with Gasteiger partial charge in [0.25, 0.3) is 0 Å². The summed E-state index contributed by atoms with van der Waals surface area (Å²) in [6.07, 6.45) is 0. The molecule has 5 nitrogen and oxygen atoms in total. The predicted octanol–water partition coefficient (Wildman–Crippen LogP) is 2.34. The van der Waals surface area contributed by atoms with Crippen LogP contribution in [0, 0.1) is 0 Å². The average Bonchev–Trinajstić information content (AvgIpc) is 2.60. The van der Waals surface area contributed by atoms with E-state index in [1.54, 1.807) is 0 Å². The summed E-state index contributed by atoms with van der Waals surface area (Å²) in [7, 11) is -0.449. The molecule has 1 amide bonds. The lowest BCUT2D eigenvalue weighted by Gasteiger charge is -2.32. The first-order valence-electron chi connectivity index (χ1n) is 7.56. The lowest BCUT2D eigenvalue weighted by atomic mass is 9.79. The molecule has 1 saturated heterocycles. The minimum absolute atomic E-state index is 0.135. The second kappa shape index (κ2) is 5.93. The van der Waals surface area contributed by atoms with Crippen molar-refractivity contribution in [1.82, 2.24) is 0 Å². The second-order valence-electron chi connectivity index (χ2n) is 6.46. The van der Waals surface area contributed by atoms with Gasteiger partial charge in [-0.1, -0.05) is 6.07 Å². The first kappa shape index (κ1) is 16.8. The third-order valence-corrected chi connectivity index (χ3v) is 4.14. The summed E-state index contributed by atoms with van der Waals surface area (Å²) >= 11 is 0. The third kappa shape index (κ3) is 3.28.